The third-order valence-corrected chi connectivity index (χ3v) is 8.37. The maximum atomic E-state index is 13.1. The maximum Gasteiger partial charge on any atom is 0.262 e. The van der Waals surface area contributed by atoms with E-state index in [1.54, 1.807) is 15.9 Å². The lowest BCUT2D eigenvalue weighted by atomic mass is 9.89. The molecular weight excluding hydrogens is 440 g/mol. The Morgan fingerprint density at radius 2 is 2.09 bits per heavy atom. The van der Waals surface area contributed by atoms with Gasteiger partial charge in [0.05, 0.1) is 21.5 Å². The van der Waals surface area contributed by atoms with Crippen LogP contribution in [0.5, 0.6) is 0 Å². The van der Waals surface area contributed by atoms with Gasteiger partial charge in [0.25, 0.3) is 11.1 Å². The fourth-order valence-corrected chi connectivity index (χ4v) is 6.81. The zero-order valence-corrected chi connectivity index (χ0v) is 20.1. The molecule has 0 fully saturated rings. The van der Waals surface area contributed by atoms with Gasteiger partial charge in [-0.15, -0.1) is 11.3 Å². The van der Waals surface area contributed by atoms with Crippen molar-refractivity contribution in [3.05, 3.63) is 61.2 Å². The van der Waals surface area contributed by atoms with Gasteiger partial charge in [-0.3, -0.25) is 14.2 Å². The van der Waals surface area contributed by atoms with Gasteiger partial charge in [0.2, 0.25) is 0 Å². The fraction of sp³-hybridized carbons (Fsp3) is 0.417. The standard InChI is InChI=1S/C24H26N4O2S2/c1-4-11-28-23(30)15-7-5-6-8-17(15)25-24(28)31-14(3)20-26-21(29)19-16-10-9-13(2)12-18(16)32-22(19)27-20/h5-8,13-14H,4,9-12H2,1-3H3,(H,26,27,29). The van der Waals surface area contributed by atoms with Crippen LogP contribution in [0.3, 0.4) is 0 Å². The molecule has 1 aliphatic rings. The number of thioether (sulfide) groups is 1. The third kappa shape index (κ3) is 3.69. The van der Waals surface area contributed by atoms with Gasteiger partial charge in [-0.05, 0) is 56.2 Å². The molecule has 6 nitrogen and oxygen atoms in total. The minimum absolute atomic E-state index is 0.0240. The van der Waals surface area contributed by atoms with Crippen molar-refractivity contribution in [2.75, 3.05) is 0 Å². The summed E-state index contributed by atoms with van der Waals surface area (Å²) in [5, 5.41) is 1.90. The first-order valence-electron chi connectivity index (χ1n) is 11.2. The molecule has 0 radical (unpaired) electrons. The molecule has 32 heavy (non-hydrogen) atoms. The smallest absolute Gasteiger partial charge is 0.262 e. The molecule has 3 heterocycles. The van der Waals surface area contributed by atoms with Gasteiger partial charge >= 0.3 is 0 Å². The molecule has 0 saturated heterocycles. The second-order valence-corrected chi connectivity index (χ2v) is 11.0. The van der Waals surface area contributed by atoms with Crippen molar-refractivity contribution in [1.82, 2.24) is 19.5 Å². The number of nitrogens with one attached hydrogen (secondary N) is 1. The van der Waals surface area contributed by atoms with Crippen LogP contribution >= 0.6 is 23.1 Å². The van der Waals surface area contributed by atoms with E-state index in [1.807, 2.05) is 38.1 Å². The Bertz CT molecular complexity index is 1440. The molecule has 0 amide bonds. The molecule has 3 aromatic heterocycles. The highest BCUT2D eigenvalue weighted by molar-refractivity contribution is 7.99. The summed E-state index contributed by atoms with van der Waals surface area (Å²) in [6.45, 7) is 6.92. The van der Waals surface area contributed by atoms with E-state index in [0.717, 1.165) is 35.9 Å². The Balaban J connectivity index is 1.55. The first-order chi connectivity index (χ1) is 15.5. The highest BCUT2D eigenvalue weighted by Gasteiger charge is 2.24. The molecule has 4 aromatic rings. The predicted octanol–water partition coefficient (Wildman–Crippen LogP) is 5.08. The van der Waals surface area contributed by atoms with Gasteiger partial charge in [0.1, 0.15) is 10.7 Å². The first kappa shape index (κ1) is 21.4. The number of aryl methyl sites for hydroxylation is 1. The summed E-state index contributed by atoms with van der Waals surface area (Å²) in [4.78, 5) is 40.8. The predicted molar refractivity (Wildman–Crippen MR) is 132 cm³/mol. The normalized spacial score (nSPS) is 17.0. The van der Waals surface area contributed by atoms with Crippen LogP contribution in [0.2, 0.25) is 0 Å². The molecule has 2 atom stereocenters. The molecule has 1 N–H and O–H groups in total. The maximum absolute atomic E-state index is 13.1. The van der Waals surface area contributed by atoms with Gasteiger partial charge in [-0.2, -0.15) is 0 Å². The quantitative estimate of drug-likeness (QED) is 0.328. The Labute approximate surface area is 194 Å². The Kier molecular flexibility index (Phi) is 5.67. The number of benzene rings is 1. The minimum Gasteiger partial charge on any atom is -0.309 e. The lowest BCUT2D eigenvalue weighted by molar-refractivity contribution is 0.509. The molecule has 166 valence electrons. The van der Waals surface area contributed by atoms with Crippen LogP contribution in [0.15, 0.2) is 39.0 Å². The molecule has 5 rings (SSSR count). The van der Waals surface area contributed by atoms with E-state index in [9.17, 15) is 9.59 Å². The number of para-hydroxylation sites is 1. The summed E-state index contributed by atoms with van der Waals surface area (Å²) in [6.07, 6.45) is 3.94. The van der Waals surface area contributed by atoms with Gasteiger partial charge in [-0.25, -0.2) is 9.97 Å². The van der Waals surface area contributed by atoms with E-state index >= 15 is 0 Å². The average Bonchev–Trinajstić information content (AvgIpc) is 3.14. The number of hydrogen-bond acceptors (Lipinski definition) is 6. The third-order valence-electron chi connectivity index (χ3n) is 6.12. The summed E-state index contributed by atoms with van der Waals surface area (Å²) in [6, 6.07) is 7.44. The summed E-state index contributed by atoms with van der Waals surface area (Å²) in [5.41, 5.74) is 1.80. The Morgan fingerprint density at radius 1 is 1.28 bits per heavy atom. The largest absolute Gasteiger partial charge is 0.309 e. The Hall–Kier alpha value is -2.45. The number of fused-ring (bicyclic) bond motifs is 4. The van der Waals surface area contributed by atoms with Crippen molar-refractivity contribution in [1.29, 1.82) is 0 Å². The number of rotatable bonds is 5. The van der Waals surface area contributed by atoms with E-state index in [2.05, 4.69) is 11.9 Å². The zero-order valence-electron chi connectivity index (χ0n) is 18.5. The lowest BCUT2D eigenvalue weighted by Crippen LogP contribution is -2.23. The topological polar surface area (TPSA) is 80.6 Å². The van der Waals surface area contributed by atoms with Crippen LogP contribution in [0.4, 0.5) is 0 Å². The summed E-state index contributed by atoms with van der Waals surface area (Å²) in [7, 11) is 0. The van der Waals surface area contributed by atoms with Crippen LogP contribution in [-0.2, 0) is 19.4 Å². The van der Waals surface area contributed by atoms with Crippen molar-refractivity contribution in [3.8, 4) is 0 Å². The van der Waals surface area contributed by atoms with Crippen molar-refractivity contribution < 1.29 is 0 Å². The van der Waals surface area contributed by atoms with Gasteiger partial charge in [0, 0.05) is 11.4 Å². The second-order valence-electron chi connectivity index (χ2n) is 8.61. The molecule has 0 saturated carbocycles. The van der Waals surface area contributed by atoms with E-state index in [1.165, 1.54) is 22.2 Å². The molecule has 8 heteroatoms. The number of H-pyrrole nitrogens is 1. The van der Waals surface area contributed by atoms with E-state index in [-0.39, 0.29) is 16.4 Å². The molecule has 0 spiro atoms. The monoisotopic (exact) mass is 466 g/mol. The molecular formula is C24H26N4O2S2. The number of hydrogen-bond donors (Lipinski definition) is 1. The van der Waals surface area contributed by atoms with E-state index in [0.29, 0.717) is 34.3 Å². The summed E-state index contributed by atoms with van der Waals surface area (Å²) < 4.78 is 1.74. The highest BCUT2D eigenvalue weighted by Crippen LogP contribution is 2.37. The van der Waals surface area contributed by atoms with Crippen LogP contribution in [-0.4, -0.2) is 19.5 Å². The SMILES string of the molecule is CCCn1c(SC(C)c2nc3sc4c(c3c(=O)[nH]2)CCC(C)C4)nc2ccccc2c1=O. The highest BCUT2D eigenvalue weighted by atomic mass is 32.2. The van der Waals surface area contributed by atoms with Gasteiger partial charge in [0.15, 0.2) is 5.16 Å². The summed E-state index contributed by atoms with van der Waals surface area (Å²) in [5.74, 6) is 1.28. The van der Waals surface area contributed by atoms with Crippen molar-refractivity contribution in [2.45, 2.75) is 63.4 Å². The fourth-order valence-electron chi connectivity index (χ4n) is 4.43. The van der Waals surface area contributed by atoms with Crippen LogP contribution < -0.4 is 11.1 Å². The molecule has 2 unspecified atom stereocenters. The van der Waals surface area contributed by atoms with Gasteiger partial charge < -0.3 is 4.98 Å². The van der Waals surface area contributed by atoms with Crippen molar-refractivity contribution >= 4 is 44.2 Å². The number of thiophene rings is 1. The molecule has 1 aromatic carbocycles. The van der Waals surface area contributed by atoms with Crippen molar-refractivity contribution in [3.63, 3.8) is 0 Å². The number of nitrogens with zero attached hydrogens (tertiary/aromatic N) is 3. The first-order valence-corrected chi connectivity index (χ1v) is 12.9. The molecule has 1 aliphatic carbocycles. The van der Waals surface area contributed by atoms with Crippen molar-refractivity contribution in [2.24, 2.45) is 5.92 Å². The van der Waals surface area contributed by atoms with E-state index in [4.69, 9.17) is 9.97 Å². The number of aromatic nitrogens is 4. The number of aromatic amines is 1. The van der Waals surface area contributed by atoms with E-state index < -0.39 is 0 Å². The Morgan fingerprint density at radius 3 is 2.91 bits per heavy atom. The second kappa shape index (κ2) is 8.48. The lowest BCUT2D eigenvalue weighted by Gasteiger charge is -2.17. The van der Waals surface area contributed by atoms with Crippen LogP contribution in [0.1, 0.15) is 55.1 Å². The average molecular weight is 467 g/mol. The zero-order chi connectivity index (χ0) is 22.4. The van der Waals surface area contributed by atoms with Crippen LogP contribution in [0.25, 0.3) is 21.1 Å². The minimum atomic E-state index is -0.152. The van der Waals surface area contributed by atoms with Crippen LogP contribution in [0, 0.1) is 5.92 Å². The molecule has 0 bridgehead atoms. The van der Waals surface area contributed by atoms with Gasteiger partial charge in [-0.1, -0.05) is 37.7 Å². The molecule has 0 aliphatic heterocycles. The summed E-state index contributed by atoms with van der Waals surface area (Å²) >= 11 is 3.13.